The molecule has 0 radical (unpaired) electrons. The Hall–Kier alpha value is -2.28. The zero-order chi connectivity index (χ0) is 17.2. The van der Waals surface area contributed by atoms with E-state index in [1.807, 2.05) is 32.9 Å². The predicted octanol–water partition coefficient (Wildman–Crippen LogP) is 2.25. The first-order valence-corrected chi connectivity index (χ1v) is 8.21. The summed E-state index contributed by atoms with van der Waals surface area (Å²) in [5, 5.41) is 8.16. The number of rotatable bonds is 4. The van der Waals surface area contributed by atoms with E-state index in [0.29, 0.717) is 12.2 Å². The summed E-state index contributed by atoms with van der Waals surface area (Å²) >= 11 is 0. The summed E-state index contributed by atoms with van der Waals surface area (Å²) in [6, 6.07) is 3.64. The lowest BCUT2D eigenvalue weighted by Crippen LogP contribution is -2.37. The van der Waals surface area contributed by atoms with Crippen molar-refractivity contribution >= 4 is 11.6 Å². The van der Waals surface area contributed by atoms with E-state index in [1.165, 1.54) is 0 Å². The Labute approximate surface area is 141 Å². The van der Waals surface area contributed by atoms with E-state index in [2.05, 4.69) is 15.3 Å². The van der Waals surface area contributed by atoms with Crippen molar-refractivity contribution < 1.29 is 9.53 Å². The molecule has 0 aromatic carbocycles. The molecule has 2 aromatic rings. The lowest BCUT2D eigenvalue weighted by Gasteiger charge is -2.24. The number of carbonyl (C=O) groups is 1. The Morgan fingerprint density at radius 2 is 2.12 bits per heavy atom. The van der Waals surface area contributed by atoms with Crippen LogP contribution < -0.4 is 4.90 Å². The SMILES string of the molecule is CC(C)(C)n1cc(C(=O)N(CC2CCCO2)c2ccncc2)nn1. The molecule has 3 heterocycles. The van der Waals surface area contributed by atoms with Crippen LogP contribution in [-0.4, -0.2) is 45.1 Å². The monoisotopic (exact) mass is 329 g/mol. The zero-order valence-corrected chi connectivity index (χ0v) is 14.3. The summed E-state index contributed by atoms with van der Waals surface area (Å²) in [5.41, 5.74) is 0.900. The van der Waals surface area contributed by atoms with E-state index < -0.39 is 0 Å². The van der Waals surface area contributed by atoms with E-state index in [9.17, 15) is 4.79 Å². The molecule has 2 aromatic heterocycles. The number of carbonyl (C=O) groups excluding carboxylic acids is 1. The van der Waals surface area contributed by atoms with Gasteiger partial charge < -0.3 is 9.64 Å². The van der Waals surface area contributed by atoms with Gasteiger partial charge in [0.1, 0.15) is 0 Å². The molecular formula is C17H23N5O2. The highest BCUT2D eigenvalue weighted by Crippen LogP contribution is 2.21. The normalized spacial score (nSPS) is 17.9. The van der Waals surface area contributed by atoms with E-state index in [-0.39, 0.29) is 17.6 Å². The van der Waals surface area contributed by atoms with E-state index >= 15 is 0 Å². The van der Waals surface area contributed by atoms with Crippen molar-refractivity contribution in [2.24, 2.45) is 0 Å². The Morgan fingerprint density at radius 1 is 1.38 bits per heavy atom. The molecule has 0 N–H and O–H groups in total. The number of pyridine rings is 1. The van der Waals surface area contributed by atoms with Crippen LogP contribution in [0.25, 0.3) is 0 Å². The number of amides is 1. The van der Waals surface area contributed by atoms with E-state index in [4.69, 9.17) is 4.74 Å². The van der Waals surface area contributed by atoms with Crippen molar-refractivity contribution in [3.05, 3.63) is 36.4 Å². The van der Waals surface area contributed by atoms with Gasteiger partial charge in [0.05, 0.1) is 24.4 Å². The molecule has 1 amide bonds. The van der Waals surface area contributed by atoms with Gasteiger partial charge in [-0.25, -0.2) is 4.68 Å². The second kappa shape index (κ2) is 6.68. The molecule has 7 nitrogen and oxygen atoms in total. The molecule has 1 unspecified atom stereocenters. The maximum absolute atomic E-state index is 13.0. The molecule has 0 aliphatic carbocycles. The van der Waals surface area contributed by atoms with Crippen molar-refractivity contribution in [1.82, 2.24) is 20.0 Å². The van der Waals surface area contributed by atoms with Crippen LogP contribution in [0.3, 0.4) is 0 Å². The number of nitrogens with zero attached hydrogens (tertiary/aromatic N) is 5. The third-order valence-corrected chi connectivity index (χ3v) is 4.03. The minimum atomic E-state index is -0.221. The quantitative estimate of drug-likeness (QED) is 0.860. The summed E-state index contributed by atoms with van der Waals surface area (Å²) in [4.78, 5) is 18.7. The van der Waals surface area contributed by atoms with Crippen molar-refractivity contribution in [1.29, 1.82) is 0 Å². The molecule has 0 bridgehead atoms. The molecule has 128 valence electrons. The highest BCUT2D eigenvalue weighted by molar-refractivity contribution is 6.04. The van der Waals surface area contributed by atoms with E-state index in [0.717, 1.165) is 25.1 Å². The van der Waals surface area contributed by atoms with Gasteiger partial charge in [-0.05, 0) is 45.7 Å². The number of aromatic nitrogens is 4. The second-order valence-electron chi connectivity index (χ2n) is 6.98. The van der Waals surface area contributed by atoms with Crippen LogP contribution in [0.1, 0.15) is 44.1 Å². The largest absolute Gasteiger partial charge is 0.376 e. The fourth-order valence-electron chi connectivity index (χ4n) is 2.65. The topological polar surface area (TPSA) is 73.1 Å². The Morgan fingerprint density at radius 3 is 2.71 bits per heavy atom. The lowest BCUT2D eigenvalue weighted by atomic mass is 10.1. The molecule has 1 atom stereocenters. The van der Waals surface area contributed by atoms with Gasteiger partial charge >= 0.3 is 0 Å². The second-order valence-corrected chi connectivity index (χ2v) is 6.98. The third-order valence-electron chi connectivity index (χ3n) is 4.03. The molecule has 0 saturated carbocycles. The van der Waals surface area contributed by atoms with Crippen LogP contribution >= 0.6 is 0 Å². The van der Waals surface area contributed by atoms with Gasteiger partial charge in [0.15, 0.2) is 5.69 Å². The molecule has 24 heavy (non-hydrogen) atoms. The van der Waals surface area contributed by atoms with Crippen molar-refractivity contribution in [2.45, 2.75) is 45.3 Å². The van der Waals surface area contributed by atoms with Crippen molar-refractivity contribution in [3.8, 4) is 0 Å². The van der Waals surface area contributed by atoms with Gasteiger partial charge in [-0.2, -0.15) is 0 Å². The highest BCUT2D eigenvalue weighted by atomic mass is 16.5. The molecule has 3 rings (SSSR count). The number of anilines is 1. The van der Waals surface area contributed by atoms with Gasteiger partial charge in [0.25, 0.3) is 5.91 Å². The van der Waals surface area contributed by atoms with Crippen molar-refractivity contribution in [3.63, 3.8) is 0 Å². The first kappa shape index (κ1) is 16.6. The molecular weight excluding hydrogens is 306 g/mol. The minimum Gasteiger partial charge on any atom is -0.376 e. The van der Waals surface area contributed by atoms with Crippen LogP contribution in [0.15, 0.2) is 30.7 Å². The summed E-state index contributed by atoms with van der Waals surface area (Å²) in [7, 11) is 0. The maximum Gasteiger partial charge on any atom is 0.280 e. The fourth-order valence-corrected chi connectivity index (χ4v) is 2.65. The Bertz CT molecular complexity index is 687. The van der Waals surface area contributed by atoms with Gasteiger partial charge in [0, 0.05) is 24.7 Å². The third kappa shape index (κ3) is 3.62. The number of hydrogen-bond donors (Lipinski definition) is 0. The molecule has 1 aliphatic heterocycles. The zero-order valence-electron chi connectivity index (χ0n) is 14.3. The van der Waals surface area contributed by atoms with Crippen LogP contribution in [0, 0.1) is 0 Å². The Kier molecular flexibility index (Phi) is 4.62. The molecule has 1 saturated heterocycles. The molecule has 1 aliphatic rings. The number of ether oxygens (including phenoxy) is 1. The Balaban J connectivity index is 1.86. The minimum absolute atomic E-state index is 0.0553. The summed E-state index contributed by atoms with van der Waals surface area (Å²) < 4.78 is 7.41. The van der Waals surface area contributed by atoms with Crippen LogP contribution in [-0.2, 0) is 10.3 Å². The first-order chi connectivity index (χ1) is 11.4. The number of hydrogen-bond acceptors (Lipinski definition) is 5. The smallest absolute Gasteiger partial charge is 0.280 e. The average Bonchev–Trinajstić information content (AvgIpc) is 3.24. The molecule has 0 spiro atoms. The van der Waals surface area contributed by atoms with Crippen LogP contribution in [0.5, 0.6) is 0 Å². The van der Waals surface area contributed by atoms with Gasteiger partial charge in [-0.1, -0.05) is 5.21 Å². The van der Waals surface area contributed by atoms with Gasteiger partial charge in [-0.15, -0.1) is 5.10 Å². The first-order valence-electron chi connectivity index (χ1n) is 8.21. The lowest BCUT2D eigenvalue weighted by molar-refractivity contribution is 0.0913. The van der Waals surface area contributed by atoms with E-state index in [1.54, 1.807) is 28.2 Å². The van der Waals surface area contributed by atoms with Crippen molar-refractivity contribution in [2.75, 3.05) is 18.1 Å². The molecule has 1 fully saturated rings. The molecule has 7 heteroatoms. The average molecular weight is 329 g/mol. The van der Waals surface area contributed by atoms with Crippen LogP contribution in [0.2, 0.25) is 0 Å². The van der Waals surface area contributed by atoms with Crippen LogP contribution in [0.4, 0.5) is 5.69 Å². The van der Waals surface area contributed by atoms with Gasteiger partial charge in [0.2, 0.25) is 0 Å². The standard InChI is InChI=1S/C17H23N5O2/c1-17(2,3)22-12-15(19-20-22)16(23)21(11-14-5-4-10-24-14)13-6-8-18-9-7-13/h6-9,12,14H,4-5,10-11H2,1-3H3. The summed E-state index contributed by atoms with van der Waals surface area (Å²) in [5.74, 6) is -0.174. The predicted molar refractivity (Wildman–Crippen MR) is 89.9 cm³/mol. The fraction of sp³-hybridized carbons (Fsp3) is 0.529. The summed E-state index contributed by atoms with van der Waals surface area (Å²) in [6.45, 7) is 7.31. The maximum atomic E-state index is 13.0. The van der Waals surface area contributed by atoms with Gasteiger partial charge in [-0.3, -0.25) is 9.78 Å². The highest BCUT2D eigenvalue weighted by Gasteiger charge is 2.27. The summed E-state index contributed by atoms with van der Waals surface area (Å²) in [6.07, 6.45) is 7.10.